The molecule has 0 aromatic heterocycles. The fourth-order valence-electron chi connectivity index (χ4n) is 1.76. The molecule has 0 aliphatic carbocycles. The summed E-state index contributed by atoms with van der Waals surface area (Å²) >= 11 is 0. The number of ether oxygens (including phenoxy) is 4. The van der Waals surface area contributed by atoms with E-state index in [0.717, 1.165) is 32.7 Å². The van der Waals surface area contributed by atoms with E-state index in [0.29, 0.717) is 36.2 Å². The van der Waals surface area contributed by atoms with Gasteiger partial charge in [-0.3, -0.25) is 0 Å². The minimum atomic E-state index is -0.530. The Kier molecular flexibility index (Phi) is 5.59. The first-order valence-electron chi connectivity index (χ1n) is 6.57. The summed E-state index contributed by atoms with van der Waals surface area (Å²) in [6.07, 6.45) is 2.94. The van der Waals surface area contributed by atoms with Crippen molar-refractivity contribution in [3.63, 3.8) is 0 Å². The first kappa shape index (κ1) is 14.4. The van der Waals surface area contributed by atoms with Gasteiger partial charge in [0.1, 0.15) is 22.7 Å². The Morgan fingerprint density at radius 3 is 2.44 bits per heavy atom. The average Bonchev–Trinajstić information content (AvgIpc) is 3.28. The first-order chi connectivity index (χ1) is 8.78. The molecule has 0 aromatic rings. The molecule has 1 radical (unpaired) electrons. The molecule has 3 unspecified atom stereocenters. The lowest BCUT2D eigenvalue weighted by molar-refractivity contribution is -0.188. The minimum Gasteiger partial charge on any atom is -0.401 e. The van der Waals surface area contributed by atoms with Crippen LogP contribution in [0, 0.1) is 6.92 Å². The van der Waals surface area contributed by atoms with Gasteiger partial charge in [0.15, 0.2) is 5.79 Å². The molecule has 105 valence electrons. The van der Waals surface area contributed by atoms with Crippen molar-refractivity contribution in [2.45, 2.75) is 37.3 Å². The maximum atomic E-state index is 5.84. The van der Waals surface area contributed by atoms with E-state index < -0.39 is 5.79 Å². The van der Waals surface area contributed by atoms with E-state index in [1.54, 1.807) is 0 Å². The molecule has 0 amide bonds. The Bertz CT molecular complexity index is 239. The van der Waals surface area contributed by atoms with E-state index in [2.05, 4.69) is 6.92 Å². The van der Waals surface area contributed by atoms with E-state index in [1.165, 1.54) is 0 Å². The molecule has 0 bridgehead atoms. The minimum absolute atomic E-state index is 0.260. The van der Waals surface area contributed by atoms with Crippen molar-refractivity contribution in [2.24, 2.45) is 0 Å². The van der Waals surface area contributed by atoms with Crippen LogP contribution < -0.4 is 0 Å². The molecule has 2 aliphatic heterocycles. The largest absolute Gasteiger partial charge is 0.401 e. The van der Waals surface area contributed by atoms with E-state index in [9.17, 15) is 0 Å². The third-order valence-electron chi connectivity index (χ3n) is 3.24. The van der Waals surface area contributed by atoms with Gasteiger partial charge in [-0.15, -0.1) is 0 Å². The van der Waals surface area contributed by atoms with Crippen molar-refractivity contribution in [3.8, 4) is 0 Å². The Hall–Kier alpha value is 0.0169. The summed E-state index contributed by atoms with van der Waals surface area (Å²) in [4.78, 5) is 0. The number of hydrogen-bond acceptors (Lipinski definition) is 5. The lowest BCUT2D eigenvalue weighted by Gasteiger charge is -2.32. The molecule has 0 saturated carbocycles. The molecule has 2 fully saturated rings. The van der Waals surface area contributed by atoms with Crippen LogP contribution in [-0.4, -0.2) is 61.5 Å². The van der Waals surface area contributed by atoms with E-state index in [1.807, 2.05) is 0 Å². The van der Waals surface area contributed by atoms with Crippen molar-refractivity contribution >= 4 is 10.5 Å². The topological polar surface area (TPSA) is 52.8 Å². The predicted octanol–water partition coefficient (Wildman–Crippen LogP) is -0.185. The summed E-state index contributed by atoms with van der Waals surface area (Å²) < 4.78 is 27.2. The van der Waals surface area contributed by atoms with Gasteiger partial charge in [0, 0.05) is 19.4 Å². The van der Waals surface area contributed by atoms with Gasteiger partial charge >= 0.3 is 0 Å². The highest BCUT2D eigenvalue weighted by molar-refractivity contribution is 5.98. The molecule has 6 heteroatoms. The van der Waals surface area contributed by atoms with Gasteiger partial charge in [-0.2, -0.15) is 0 Å². The molecule has 2 heterocycles. The zero-order chi connectivity index (χ0) is 12.8. The van der Waals surface area contributed by atoms with Crippen LogP contribution in [-0.2, 0) is 23.4 Å². The predicted molar refractivity (Wildman–Crippen MR) is 69.2 cm³/mol. The smallest absolute Gasteiger partial charge is 0.158 e. The van der Waals surface area contributed by atoms with Crippen molar-refractivity contribution < 1.29 is 23.4 Å². The second kappa shape index (κ2) is 6.98. The van der Waals surface area contributed by atoms with Gasteiger partial charge in [-0.25, -0.2) is 0 Å². The normalized spacial score (nSPS) is 29.2. The van der Waals surface area contributed by atoms with Crippen LogP contribution in [0.4, 0.5) is 0 Å². The number of epoxide rings is 2. The second-order valence-corrected chi connectivity index (χ2v) is 5.17. The highest BCUT2D eigenvalue weighted by Gasteiger charge is 2.32. The maximum absolute atomic E-state index is 5.84. The standard InChI is InChI=1S/C12H23O5Si/c1-2-12(17-18,16-9-11-8-15-11)4-3-5-13-6-10-7-14-10/h10-11H,1-9H2,18H3. The first-order valence-corrected chi connectivity index (χ1v) is 7.39. The van der Waals surface area contributed by atoms with E-state index in [-0.39, 0.29) is 6.10 Å². The van der Waals surface area contributed by atoms with E-state index >= 15 is 0 Å². The number of rotatable bonds is 11. The summed E-state index contributed by atoms with van der Waals surface area (Å²) in [5.74, 6) is -0.530. The third-order valence-corrected chi connectivity index (χ3v) is 3.98. The van der Waals surface area contributed by atoms with Crippen LogP contribution in [0.2, 0.25) is 0 Å². The van der Waals surface area contributed by atoms with Gasteiger partial charge in [0.25, 0.3) is 0 Å². The molecule has 3 atom stereocenters. The Morgan fingerprint density at radius 1 is 1.22 bits per heavy atom. The Morgan fingerprint density at radius 2 is 1.89 bits per heavy atom. The Labute approximate surface area is 112 Å². The molecular formula is C12H23O5Si. The number of hydrogen-bond donors (Lipinski definition) is 0. The van der Waals surface area contributed by atoms with Crippen LogP contribution >= 0.6 is 0 Å². The molecular weight excluding hydrogens is 252 g/mol. The van der Waals surface area contributed by atoms with Gasteiger partial charge in [0.05, 0.1) is 26.4 Å². The van der Waals surface area contributed by atoms with Crippen LogP contribution in [0.15, 0.2) is 0 Å². The average molecular weight is 275 g/mol. The Balaban J connectivity index is 1.59. The third kappa shape index (κ3) is 4.95. The second-order valence-electron chi connectivity index (χ2n) is 4.76. The molecule has 2 saturated heterocycles. The molecule has 0 aromatic carbocycles. The van der Waals surface area contributed by atoms with Gasteiger partial charge in [-0.1, -0.05) is 0 Å². The molecule has 0 N–H and O–H groups in total. The van der Waals surface area contributed by atoms with Crippen LogP contribution in [0.25, 0.3) is 0 Å². The highest BCUT2D eigenvalue weighted by Crippen LogP contribution is 2.25. The molecule has 18 heavy (non-hydrogen) atoms. The lowest BCUT2D eigenvalue weighted by Crippen LogP contribution is -2.36. The van der Waals surface area contributed by atoms with Crippen LogP contribution in [0.5, 0.6) is 0 Å². The molecule has 0 spiro atoms. The monoisotopic (exact) mass is 275 g/mol. The fourth-order valence-corrected chi connectivity index (χ4v) is 2.29. The molecule has 2 aliphatic rings. The SMILES string of the molecule is [CH2]CC(CCCOCC1CO1)(O[SiH3])OCC1CO1. The fraction of sp³-hybridized carbons (Fsp3) is 0.917. The van der Waals surface area contributed by atoms with Crippen molar-refractivity contribution in [2.75, 3.05) is 33.0 Å². The molecule has 5 nitrogen and oxygen atoms in total. The summed E-state index contributed by atoms with van der Waals surface area (Å²) in [7, 11) is 0.646. The zero-order valence-corrected chi connectivity index (χ0v) is 13.1. The van der Waals surface area contributed by atoms with Crippen LogP contribution in [0.1, 0.15) is 19.3 Å². The van der Waals surface area contributed by atoms with Crippen molar-refractivity contribution in [3.05, 3.63) is 6.92 Å². The summed E-state index contributed by atoms with van der Waals surface area (Å²) in [6, 6.07) is 0. The zero-order valence-electron chi connectivity index (χ0n) is 11.1. The summed E-state index contributed by atoms with van der Waals surface area (Å²) in [5, 5.41) is 0. The quantitative estimate of drug-likeness (QED) is 0.226. The lowest BCUT2D eigenvalue weighted by atomic mass is 10.1. The summed E-state index contributed by atoms with van der Waals surface area (Å²) in [5.41, 5.74) is 0. The van der Waals surface area contributed by atoms with E-state index in [4.69, 9.17) is 23.4 Å². The van der Waals surface area contributed by atoms with Gasteiger partial charge < -0.3 is 23.4 Å². The van der Waals surface area contributed by atoms with Gasteiger partial charge in [0.2, 0.25) is 0 Å². The maximum Gasteiger partial charge on any atom is 0.158 e. The molecule has 2 rings (SSSR count). The van der Waals surface area contributed by atoms with Crippen molar-refractivity contribution in [1.82, 2.24) is 0 Å². The van der Waals surface area contributed by atoms with Crippen LogP contribution in [0.3, 0.4) is 0 Å². The van der Waals surface area contributed by atoms with Crippen molar-refractivity contribution in [1.29, 1.82) is 0 Å². The summed E-state index contributed by atoms with van der Waals surface area (Å²) in [6.45, 7) is 7.61. The van der Waals surface area contributed by atoms with Gasteiger partial charge in [-0.05, 0) is 13.3 Å². The highest BCUT2D eigenvalue weighted by atomic mass is 28.2.